The first-order valence-electron chi connectivity index (χ1n) is 9.67. The number of ether oxygens (including phenoxy) is 2. The van der Waals surface area contributed by atoms with E-state index in [2.05, 4.69) is 15.0 Å². The molecule has 2 aromatic heterocycles. The van der Waals surface area contributed by atoms with E-state index in [9.17, 15) is 22.8 Å². The van der Waals surface area contributed by atoms with Crippen LogP contribution in [0.2, 0.25) is 0 Å². The molecule has 2 amide bonds. The van der Waals surface area contributed by atoms with Crippen molar-refractivity contribution in [2.45, 2.75) is 6.18 Å². The van der Waals surface area contributed by atoms with Gasteiger partial charge in [-0.3, -0.25) is 9.59 Å². The van der Waals surface area contributed by atoms with Crippen LogP contribution in [0.25, 0.3) is 11.0 Å². The smallest absolute Gasteiger partial charge is 0.422 e. The van der Waals surface area contributed by atoms with Crippen LogP contribution in [-0.4, -0.2) is 60.8 Å². The highest BCUT2D eigenvalue weighted by Crippen LogP contribution is 2.32. The SMILES string of the molecule is O=C(Nc1c(C(=O)N2CCOCC2)oc2ccccc12)c1ccc(OCC(F)(F)F)nc1. The van der Waals surface area contributed by atoms with Crippen molar-refractivity contribution < 1.29 is 36.7 Å². The van der Waals surface area contributed by atoms with Gasteiger partial charge in [0, 0.05) is 30.7 Å². The Morgan fingerprint density at radius 3 is 2.56 bits per heavy atom. The molecular weight excluding hydrogens is 431 g/mol. The summed E-state index contributed by atoms with van der Waals surface area (Å²) in [6.07, 6.45) is -3.41. The molecule has 1 saturated heterocycles. The molecule has 1 aromatic carbocycles. The van der Waals surface area contributed by atoms with Crippen LogP contribution in [0.4, 0.5) is 18.9 Å². The Bertz CT molecular complexity index is 1120. The molecule has 0 atom stereocenters. The summed E-state index contributed by atoms with van der Waals surface area (Å²) >= 11 is 0. The number of alkyl halides is 3. The molecule has 4 rings (SSSR count). The number of morpholine rings is 1. The minimum atomic E-state index is -4.50. The van der Waals surface area contributed by atoms with Crippen molar-refractivity contribution in [3.63, 3.8) is 0 Å². The number of amides is 2. The number of halogens is 3. The first-order chi connectivity index (χ1) is 15.3. The summed E-state index contributed by atoms with van der Waals surface area (Å²) in [4.78, 5) is 31.1. The van der Waals surface area contributed by atoms with Gasteiger partial charge in [-0.25, -0.2) is 4.98 Å². The second-order valence-electron chi connectivity index (χ2n) is 6.95. The van der Waals surface area contributed by atoms with E-state index in [0.29, 0.717) is 37.3 Å². The molecule has 8 nitrogen and oxygen atoms in total. The predicted octanol–water partition coefficient (Wildman–Crippen LogP) is 3.49. The van der Waals surface area contributed by atoms with Gasteiger partial charge in [0.05, 0.1) is 18.8 Å². The second-order valence-corrected chi connectivity index (χ2v) is 6.95. The first kappa shape index (κ1) is 21.6. The van der Waals surface area contributed by atoms with E-state index in [-0.39, 0.29) is 28.8 Å². The van der Waals surface area contributed by atoms with E-state index in [1.807, 2.05) is 0 Å². The minimum absolute atomic E-state index is 0.0143. The summed E-state index contributed by atoms with van der Waals surface area (Å²) in [5.74, 6) is -1.27. The molecule has 0 bridgehead atoms. The number of para-hydroxylation sites is 1. The number of nitrogens with one attached hydrogen (secondary N) is 1. The Labute approximate surface area is 179 Å². The Morgan fingerprint density at radius 1 is 1.12 bits per heavy atom. The van der Waals surface area contributed by atoms with Crippen LogP contribution in [-0.2, 0) is 4.74 Å². The second kappa shape index (κ2) is 8.87. The number of nitrogens with zero attached hydrogens (tertiary/aromatic N) is 2. The van der Waals surface area contributed by atoms with E-state index in [1.165, 1.54) is 6.07 Å². The number of furan rings is 1. The molecule has 11 heteroatoms. The molecule has 32 heavy (non-hydrogen) atoms. The zero-order valence-corrected chi connectivity index (χ0v) is 16.6. The molecular formula is C21H18F3N3O5. The maximum absolute atomic E-state index is 13.0. The average Bonchev–Trinajstić information content (AvgIpc) is 3.16. The number of anilines is 1. The van der Waals surface area contributed by atoms with Gasteiger partial charge in [0.2, 0.25) is 11.6 Å². The molecule has 1 N–H and O–H groups in total. The third-order valence-corrected chi connectivity index (χ3v) is 4.71. The van der Waals surface area contributed by atoms with E-state index >= 15 is 0 Å². The number of rotatable bonds is 5. The fourth-order valence-corrected chi connectivity index (χ4v) is 3.17. The van der Waals surface area contributed by atoms with Crippen molar-refractivity contribution in [3.05, 3.63) is 53.9 Å². The lowest BCUT2D eigenvalue weighted by molar-refractivity contribution is -0.154. The van der Waals surface area contributed by atoms with E-state index < -0.39 is 18.7 Å². The number of benzene rings is 1. The monoisotopic (exact) mass is 449 g/mol. The molecule has 0 spiro atoms. The number of hydrogen-bond acceptors (Lipinski definition) is 6. The predicted molar refractivity (Wildman–Crippen MR) is 107 cm³/mol. The van der Waals surface area contributed by atoms with Crippen molar-refractivity contribution in [1.29, 1.82) is 0 Å². The quantitative estimate of drug-likeness (QED) is 0.641. The fourth-order valence-electron chi connectivity index (χ4n) is 3.17. The summed E-state index contributed by atoms with van der Waals surface area (Å²) < 4.78 is 52.3. The highest BCUT2D eigenvalue weighted by molar-refractivity contribution is 6.14. The molecule has 3 heterocycles. The molecule has 0 aliphatic carbocycles. The van der Waals surface area contributed by atoms with Crippen molar-refractivity contribution in [2.24, 2.45) is 0 Å². The largest absolute Gasteiger partial charge is 0.468 e. The zero-order valence-electron chi connectivity index (χ0n) is 16.6. The fraction of sp³-hybridized carbons (Fsp3) is 0.286. The van der Waals surface area contributed by atoms with Crippen LogP contribution in [0.5, 0.6) is 5.88 Å². The Hall–Kier alpha value is -3.60. The zero-order chi connectivity index (χ0) is 22.7. The molecule has 0 saturated carbocycles. The maximum Gasteiger partial charge on any atom is 0.422 e. The lowest BCUT2D eigenvalue weighted by Crippen LogP contribution is -2.40. The van der Waals surface area contributed by atoms with E-state index in [0.717, 1.165) is 12.3 Å². The molecule has 0 unspecified atom stereocenters. The normalized spacial score (nSPS) is 14.4. The number of carbonyl (C=O) groups excluding carboxylic acids is 2. The van der Waals surface area contributed by atoms with Crippen LogP contribution in [0.3, 0.4) is 0 Å². The average molecular weight is 449 g/mol. The van der Waals surface area contributed by atoms with E-state index in [1.54, 1.807) is 29.2 Å². The topological polar surface area (TPSA) is 93.9 Å². The van der Waals surface area contributed by atoms with Crippen LogP contribution in [0, 0.1) is 0 Å². The van der Waals surface area contributed by atoms with Gasteiger partial charge in [-0.1, -0.05) is 12.1 Å². The Balaban J connectivity index is 1.56. The standard InChI is InChI=1S/C21H18F3N3O5/c22-21(23,24)12-31-16-6-5-13(11-25-16)19(28)26-17-14-3-1-2-4-15(14)32-18(17)20(29)27-7-9-30-10-8-27/h1-6,11H,7-10,12H2,(H,26,28). The van der Waals surface area contributed by atoms with Gasteiger partial charge in [0.1, 0.15) is 11.3 Å². The van der Waals surface area contributed by atoms with Crippen molar-refractivity contribution >= 4 is 28.5 Å². The van der Waals surface area contributed by atoms with Gasteiger partial charge in [-0.05, 0) is 18.2 Å². The third kappa shape index (κ3) is 4.83. The van der Waals surface area contributed by atoms with Gasteiger partial charge >= 0.3 is 6.18 Å². The minimum Gasteiger partial charge on any atom is -0.468 e. The number of hydrogen-bond donors (Lipinski definition) is 1. The summed E-state index contributed by atoms with van der Waals surface area (Å²) in [6, 6.07) is 9.30. The lowest BCUT2D eigenvalue weighted by atomic mass is 10.2. The van der Waals surface area contributed by atoms with E-state index in [4.69, 9.17) is 9.15 Å². The van der Waals surface area contributed by atoms with Crippen LogP contribution < -0.4 is 10.1 Å². The van der Waals surface area contributed by atoms with Crippen molar-refractivity contribution in [1.82, 2.24) is 9.88 Å². The summed E-state index contributed by atoms with van der Waals surface area (Å²) in [5.41, 5.74) is 0.701. The number of carbonyl (C=O) groups is 2. The summed E-state index contributed by atoms with van der Waals surface area (Å²) in [5, 5.41) is 3.21. The van der Waals surface area contributed by atoms with Crippen LogP contribution in [0.15, 0.2) is 47.0 Å². The summed E-state index contributed by atoms with van der Waals surface area (Å²) in [7, 11) is 0. The molecule has 168 valence electrons. The van der Waals surface area contributed by atoms with Crippen molar-refractivity contribution in [2.75, 3.05) is 38.2 Å². The Kier molecular flexibility index (Phi) is 5.99. The molecule has 0 radical (unpaired) electrons. The van der Waals surface area contributed by atoms with Crippen LogP contribution in [0.1, 0.15) is 20.9 Å². The van der Waals surface area contributed by atoms with Gasteiger partial charge < -0.3 is 24.1 Å². The van der Waals surface area contributed by atoms with Gasteiger partial charge in [-0.15, -0.1) is 0 Å². The Morgan fingerprint density at radius 2 is 1.88 bits per heavy atom. The molecule has 1 aliphatic heterocycles. The highest BCUT2D eigenvalue weighted by atomic mass is 19.4. The molecule has 1 aliphatic rings. The lowest BCUT2D eigenvalue weighted by Gasteiger charge is -2.26. The van der Waals surface area contributed by atoms with Crippen molar-refractivity contribution in [3.8, 4) is 5.88 Å². The summed E-state index contributed by atoms with van der Waals surface area (Å²) in [6.45, 7) is 0.114. The first-order valence-corrected chi connectivity index (χ1v) is 9.67. The third-order valence-electron chi connectivity index (χ3n) is 4.71. The number of fused-ring (bicyclic) bond motifs is 1. The molecule has 1 fully saturated rings. The van der Waals surface area contributed by atoms with Crippen LogP contribution >= 0.6 is 0 Å². The van der Waals surface area contributed by atoms with Gasteiger partial charge in [-0.2, -0.15) is 13.2 Å². The number of aromatic nitrogens is 1. The highest BCUT2D eigenvalue weighted by Gasteiger charge is 2.29. The number of pyridine rings is 1. The molecule has 3 aromatic rings. The van der Waals surface area contributed by atoms with Gasteiger partial charge in [0.25, 0.3) is 11.8 Å². The van der Waals surface area contributed by atoms with Gasteiger partial charge in [0.15, 0.2) is 6.61 Å². The maximum atomic E-state index is 13.0.